The Morgan fingerprint density at radius 3 is 2.53 bits per heavy atom. The first-order valence-corrected chi connectivity index (χ1v) is 15.6. The van der Waals surface area contributed by atoms with Crippen LogP contribution >= 0.6 is 0 Å². The first-order chi connectivity index (χ1) is 20.5. The lowest BCUT2D eigenvalue weighted by atomic mass is 9.87. The zero-order valence-corrected chi connectivity index (χ0v) is 25.8. The van der Waals surface area contributed by atoms with Crippen molar-refractivity contribution in [3.05, 3.63) is 36.0 Å². The smallest absolute Gasteiger partial charge is 0.410 e. The molecule has 0 aromatic rings. The van der Waals surface area contributed by atoms with E-state index < -0.39 is 36.0 Å². The van der Waals surface area contributed by atoms with E-state index in [-0.39, 0.29) is 42.6 Å². The van der Waals surface area contributed by atoms with Gasteiger partial charge in [0.15, 0.2) is 0 Å². The summed E-state index contributed by atoms with van der Waals surface area (Å²) in [7, 11) is 0. The Morgan fingerprint density at radius 2 is 1.86 bits per heavy atom. The fourth-order valence-corrected chi connectivity index (χ4v) is 6.13. The van der Waals surface area contributed by atoms with Gasteiger partial charge in [0.05, 0.1) is 37.4 Å². The molecule has 0 radical (unpaired) electrons. The van der Waals surface area contributed by atoms with Crippen LogP contribution < -0.4 is 5.32 Å². The molecule has 0 aromatic carbocycles. The van der Waals surface area contributed by atoms with Gasteiger partial charge in [-0.15, -0.1) is 0 Å². The van der Waals surface area contributed by atoms with E-state index in [0.717, 1.165) is 31.3 Å². The number of aliphatic hydroxyl groups excluding tert-OH is 1. The average molecular weight is 605 g/mol. The highest BCUT2D eigenvalue weighted by atomic mass is 16.6. The van der Waals surface area contributed by atoms with E-state index in [2.05, 4.69) is 18.3 Å². The van der Waals surface area contributed by atoms with Gasteiger partial charge in [-0.05, 0) is 64.9 Å². The summed E-state index contributed by atoms with van der Waals surface area (Å²) in [4.78, 5) is 37.8. The van der Waals surface area contributed by atoms with Crippen molar-refractivity contribution in [3.8, 4) is 0 Å². The van der Waals surface area contributed by atoms with E-state index in [4.69, 9.17) is 24.1 Å². The Morgan fingerprint density at radius 1 is 1.14 bits per heavy atom. The number of hydrogen-bond donors (Lipinski definition) is 3. The standard InChI is InChI=1S/C32H48N2O9/c1-20(9-12-27-30(38)32(19-40-32)18-24(43-27)17-29(36)37)8-11-26-21(2)16-25(23(4)42-26)33-28(35)13-10-22(3)41-31(39)34-14-6-5-7-15-34/h8-10,12-13,21-27,30,38H,5-7,11,14-19H2,1-4H3,(H,33,35)(H,36,37). The van der Waals surface area contributed by atoms with Gasteiger partial charge >= 0.3 is 12.1 Å². The number of carboxylic acid groups (broad SMARTS) is 1. The zero-order chi connectivity index (χ0) is 31.1. The van der Waals surface area contributed by atoms with Gasteiger partial charge in [0.1, 0.15) is 23.9 Å². The molecule has 43 heavy (non-hydrogen) atoms. The first kappa shape index (κ1) is 33.2. The number of carbonyl (C=O) groups is 3. The highest BCUT2D eigenvalue weighted by Crippen LogP contribution is 2.43. The van der Waals surface area contributed by atoms with Crippen LogP contribution in [-0.4, -0.2) is 101 Å². The van der Waals surface area contributed by atoms with Crippen LogP contribution in [-0.2, 0) is 28.5 Å². The number of nitrogens with zero attached hydrogens (tertiary/aromatic N) is 1. The molecule has 9 unspecified atom stereocenters. The maximum atomic E-state index is 12.6. The molecule has 4 rings (SSSR count). The zero-order valence-electron chi connectivity index (χ0n) is 25.8. The van der Waals surface area contributed by atoms with Crippen molar-refractivity contribution < 1.29 is 43.5 Å². The summed E-state index contributed by atoms with van der Waals surface area (Å²) >= 11 is 0. The molecule has 4 saturated heterocycles. The molecule has 1 spiro atoms. The molecule has 4 aliphatic heterocycles. The minimum Gasteiger partial charge on any atom is -0.481 e. The molecule has 0 bridgehead atoms. The van der Waals surface area contributed by atoms with Crippen LogP contribution in [0.5, 0.6) is 0 Å². The van der Waals surface area contributed by atoms with Crippen molar-refractivity contribution in [3.63, 3.8) is 0 Å². The molecule has 11 heteroatoms. The second kappa shape index (κ2) is 14.8. The van der Waals surface area contributed by atoms with Crippen molar-refractivity contribution >= 4 is 18.0 Å². The Kier molecular flexibility index (Phi) is 11.4. The molecule has 4 heterocycles. The van der Waals surface area contributed by atoms with E-state index in [1.165, 1.54) is 6.08 Å². The third-order valence-electron chi connectivity index (χ3n) is 8.88. The number of carbonyl (C=O) groups excluding carboxylic acids is 2. The number of epoxide rings is 1. The first-order valence-electron chi connectivity index (χ1n) is 15.6. The van der Waals surface area contributed by atoms with E-state index in [0.29, 0.717) is 32.5 Å². The number of hydrogen-bond acceptors (Lipinski definition) is 8. The lowest BCUT2D eigenvalue weighted by molar-refractivity contribution is -0.155. The number of rotatable bonds is 10. The Balaban J connectivity index is 1.21. The van der Waals surface area contributed by atoms with Crippen molar-refractivity contribution in [1.82, 2.24) is 10.2 Å². The Labute approximate surface area is 254 Å². The van der Waals surface area contributed by atoms with Crippen LogP contribution in [0.1, 0.15) is 72.6 Å². The molecule has 0 aromatic heterocycles. The number of amides is 2. The van der Waals surface area contributed by atoms with Crippen molar-refractivity contribution in [2.24, 2.45) is 5.92 Å². The molecule has 3 N–H and O–H groups in total. The van der Waals surface area contributed by atoms with Crippen molar-refractivity contribution in [2.45, 2.75) is 121 Å². The van der Waals surface area contributed by atoms with Crippen LogP contribution in [0.3, 0.4) is 0 Å². The van der Waals surface area contributed by atoms with E-state index >= 15 is 0 Å². The highest BCUT2D eigenvalue weighted by molar-refractivity contribution is 5.87. The molecule has 0 saturated carbocycles. The van der Waals surface area contributed by atoms with Gasteiger partial charge in [0.2, 0.25) is 5.91 Å². The van der Waals surface area contributed by atoms with E-state index in [1.807, 2.05) is 19.9 Å². The maximum absolute atomic E-state index is 12.6. The third kappa shape index (κ3) is 9.38. The predicted molar refractivity (Wildman–Crippen MR) is 158 cm³/mol. The monoisotopic (exact) mass is 604 g/mol. The number of aliphatic carboxylic acids is 1. The van der Waals surface area contributed by atoms with Gasteiger partial charge < -0.3 is 39.4 Å². The van der Waals surface area contributed by atoms with Crippen LogP contribution in [0.15, 0.2) is 36.0 Å². The topological polar surface area (TPSA) is 147 Å². The summed E-state index contributed by atoms with van der Waals surface area (Å²) in [6.45, 7) is 9.61. The summed E-state index contributed by atoms with van der Waals surface area (Å²) in [5, 5.41) is 22.9. The molecule has 4 aliphatic rings. The van der Waals surface area contributed by atoms with Gasteiger partial charge in [-0.3, -0.25) is 9.59 Å². The van der Waals surface area contributed by atoms with Gasteiger partial charge in [-0.2, -0.15) is 0 Å². The lowest BCUT2D eigenvalue weighted by Gasteiger charge is -2.39. The number of ether oxygens (including phenoxy) is 4. The molecule has 2 amide bonds. The third-order valence-corrected chi connectivity index (χ3v) is 8.88. The van der Waals surface area contributed by atoms with Crippen LogP contribution in [0.4, 0.5) is 4.79 Å². The second-order valence-corrected chi connectivity index (χ2v) is 12.6. The Hall–Kier alpha value is -2.73. The number of carboxylic acids is 1. The lowest BCUT2D eigenvalue weighted by Crippen LogP contribution is -2.50. The quantitative estimate of drug-likeness (QED) is 0.194. The fraction of sp³-hybridized carbons (Fsp3) is 0.719. The maximum Gasteiger partial charge on any atom is 0.410 e. The number of likely N-dealkylation sites (tertiary alicyclic amines) is 1. The van der Waals surface area contributed by atoms with Crippen molar-refractivity contribution in [2.75, 3.05) is 19.7 Å². The van der Waals surface area contributed by atoms with Gasteiger partial charge in [0, 0.05) is 25.6 Å². The fourth-order valence-electron chi connectivity index (χ4n) is 6.13. The minimum absolute atomic E-state index is 0.0177. The molecule has 240 valence electrons. The Bertz CT molecular complexity index is 1080. The predicted octanol–water partition coefficient (Wildman–Crippen LogP) is 3.51. The summed E-state index contributed by atoms with van der Waals surface area (Å²) in [6.07, 6.45) is 10.5. The van der Waals surface area contributed by atoms with Gasteiger partial charge in [-0.25, -0.2) is 4.79 Å². The summed E-state index contributed by atoms with van der Waals surface area (Å²) in [5.74, 6) is -0.982. The molecular weight excluding hydrogens is 556 g/mol. The number of piperidine rings is 1. The average Bonchev–Trinajstić information content (AvgIpc) is 3.74. The number of allylic oxidation sites excluding steroid dienone is 2. The van der Waals surface area contributed by atoms with Crippen LogP contribution in [0.2, 0.25) is 0 Å². The summed E-state index contributed by atoms with van der Waals surface area (Å²) < 4.78 is 23.1. The van der Waals surface area contributed by atoms with E-state index in [1.54, 1.807) is 24.0 Å². The number of nitrogens with one attached hydrogen (secondary N) is 1. The summed E-state index contributed by atoms with van der Waals surface area (Å²) in [5.41, 5.74) is 0.271. The van der Waals surface area contributed by atoms with Crippen LogP contribution in [0, 0.1) is 5.92 Å². The molecule has 0 aliphatic carbocycles. The SMILES string of the molecule is CC(C=CC1OC(CC(=O)O)CC2(CO2)C1O)=CCC1OC(C)C(NC(=O)C=CC(C)OC(=O)N2CCCCC2)CC1C. The van der Waals surface area contributed by atoms with Gasteiger partial charge in [0.25, 0.3) is 0 Å². The summed E-state index contributed by atoms with van der Waals surface area (Å²) in [6, 6.07) is -0.139. The molecular formula is C32H48N2O9. The molecule has 9 atom stereocenters. The van der Waals surface area contributed by atoms with E-state index in [9.17, 15) is 19.5 Å². The minimum atomic E-state index is -0.939. The number of aliphatic hydroxyl groups is 1. The normalized spacial score (nSPS) is 35.7. The molecule has 4 fully saturated rings. The second-order valence-electron chi connectivity index (χ2n) is 12.6. The van der Waals surface area contributed by atoms with Crippen molar-refractivity contribution in [1.29, 1.82) is 0 Å². The highest BCUT2D eigenvalue weighted by Gasteiger charge is 2.58. The largest absolute Gasteiger partial charge is 0.481 e. The molecule has 11 nitrogen and oxygen atoms in total. The van der Waals surface area contributed by atoms with Crippen LogP contribution in [0.25, 0.3) is 0 Å². The van der Waals surface area contributed by atoms with Gasteiger partial charge in [-0.1, -0.05) is 30.7 Å².